The molecule has 0 saturated heterocycles. The van der Waals surface area contributed by atoms with Crippen molar-refractivity contribution in [3.8, 4) is 11.5 Å². The molecule has 2 aromatic carbocycles. The molecule has 0 bridgehead atoms. The van der Waals surface area contributed by atoms with Gasteiger partial charge in [-0.15, -0.1) is 0 Å². The van der Waals surface area contributed by atoms with Gasteiger partial charge < -0.3 is 24.8 Å². The van der Waals surface area contributed by atoms with Crippen LogP contribution in [0.15, 0.2) is 47.3 Å². The Morgan fingerprint density at radius 3 is 2.70 bits per heavy atom. The summed E-state index contributed by atoms with van der Waals surface area (Å²) < 4.78 is 10.5. The number of imidazole rings is 1. The van der Waals surface area contributed by atoms with E-state index in [9.17, 15) is 9.59 Å². The first-order valence-electron chi connectivity index (χ1n) is 6.93. The first-order valence-corrected chi connectivity index (χ1v) is 6.93. The highest BCUT2D eigenvalue weighted by molar-refractivity contribution is 5.93. The molecule has 0 unspecified atom stereocenters. The molecule has 7 heteroatoms. The molecule has 0 radical (unpaired) electrons. The summed E-state index contributed by atoms with van der Waals surface area (Å²) in [4.78, 5) is 28.4. The lowest BCUT2D eigenvalue weighted by molar-refractivity contribution is -0.118. The van der Waals surface area contributed by atoms with Crippen molar-refractivity contribution >= 4 is 22.6 Å². The first-order chi connectivity index (χ1) is 11.1. The van der Waals surface area contributed by atoms with Gasteiger partial charge in [-0.25, -0.2) is 4.79 Å². The predicted molar refractivity (Wildman–Crippen MR) is 86.0 cm³/mol. The number of aromatic nitrogens is 2. The fraction of sp³-hybridized carbons (Fsp3) is 0.125. The van der Waals surface area contributed by atoms with Crippen LogP contribution in [0.4, 0.5) is 5.69 Å². The van der Waals surface area contributed by atoms with E-state index in [0.717, 1.165) is 0 Å². The third-order valence-corrected chi connectivity index (χ3v) is 3.21. The topological polar surface area (TPSA) is 96.2 Å². The minimum Gasteiger partial charge on any atom is -0.497 e. The van der Waals surface area contributed by atoms with E-state index in [1.54, 1.807) is 49.6 Å². The third-order valence-electron chi connectivity index (χ3n) is 3.21. The van der Waals surface area contributed by atoms with Gasteiger partial charge in [0.15, 0.2) is 6.61 Å². The number of carbonyl (C=O) groups excluding carboxylic acids is 1. The zero-order chi connectivity index (χ0) is 16.2. The van der Waals surface area contributed by atoms with E-state index in [-0.39, 0.29) is 18.2 Å². The summed E-state index contributed by atoms with van der Waals surface area (Å²) >= 11 is 0. The third kappa shape index (κ3) is 3.52. The Labute approximate surface area is 131 Å². The number of benzene rings is 2. The van der Waals surface area contributed by atoms with Crippen LogP contribution < -0.4 is 20.5 Å². The average molecular weight is 313 g/mol. The molecular formula is C16H15N3O4. The van der Waals surface area contributed by atoms with Crippen LogP contribution in [0.25, 0.3) is 11.0 Å². The molecule has 0 spiro atoms. The van der Waals surface area contributed by atoms with Crippen molar-refractivity contribution in [3.63, 3.8) is 0 Å². The van der Waals surface area contributed by atoms with Crippen LogP contribution in [0.5, 0.6) is 11.5 Å². The molecule has 0 atom stereocenters. The van der Waals surface area contributed by atoms with Crippen molar-refractivity contribution in [1.29, 1.82) is 0 Å². The summed E-state index contributed by atoms with van der Waals surface area (Å²) in [6.07, 6.45) is 0. The van der Waals surface area contributed by atoms with Gasteiger partial charge in [-0.1, -0.05) is 6.07 Å². The highest BCUT2D eigenvalue weighted by atomic mass is 16.5. The van der Waals surface area contributed by atoms with Crippen molar-refractivity contribution in [1.82, 2.24) is 9.97 Å². The number of rotatable bonds is 5. The maximum absolute atomic E-state index is 11.9. The van der Waals surface area contributed by atoms with Gasteiger partial charge in [-0.3, -0.25) is 4.79 Å². The average Bonchev–Trinajstić information content (AvgIpc) is 2.92. The number of amides is 1. The first kappa shape index (κ1) is 14.7. The number of methoxy groups -OCH3 is 1. The predicted octanol–water partition coefficient (Wildman–Crippen LogP) is 1.88. The molecule has 3 aromatic rings. The van der Waals surface area contributed by atoms with Crippen LogP contribution in [-0.4, -0.2) is 29.6 Å². The Balaban J connectivity index is 1.62. The van der Waals surface area contributed by atoms with Gasteiger partial charge in [0.2, 0.25) is 0 Å². The van der Waals surface area contributed by atoms with E-state index in [1.165, 1.54) is 0 Å². The van der Waals surface area contributed by atoms with Crippen molar-refractivity contribution in [3.05, 3.63) is 52.9 Å². The Hall–Kier alpha value is -3.22. The molecule has 23 heavy (non-hydrogen) atoms. The van der Waals surface area contributed by atoms with E-state index in [0.29, 0.717) is 28.2 Å². The minimum atomic E-state index is -0.301. The second kappa shape index (κ2) is 6.27. The highest BCUT2D eigenvalue weighted by Gasteiger charge is 2.06. The molecule has 0 aliphatic heterocycles. The number of hydrogen-bond acceptors (Lipinski definition) is 4. The lowest BCUT2D eigenvalue weighted by Crippen LogP contribution is -2.20. The van der Waals surface area contributed by atoms with E-state index in [4.69, 9.17) is 9.47 Å². The lowest BCUT2D eigenvalue weighted by Gasteiger charge is -2.08. The highest BCUT2D eigenvalue weighted by Crippen LogP contribution is 2.19. The number of ether oxygens (including phenoxy) is 2. The summed E-state index contributed by atoms with van der Waals surface area (Å²) in [6, 6.07) is 12.1. The standard InChI is InChI=1S/C16H15N3O4/c1-22-11-3-2-4-12(8-11)23-9-15(20)17-10-5-6-13-14(7-10)19-16(21)18-13/h2-8H,9H2,1H3,(H,17,20)(H2,18,19,21). The maximum Gasteiger partial charge on any atom is 0.323 e. The van der Waals surface area contributed by atoms with Gasteiger partial charge in [0, 0.05) is 11.8 Å². The lowest BCUT2D eigenvalue weighted by atomic mass is 10.3. The zero-order valence-electron chi connectivity index (χ0n) is 12.4. The number of nitrogens with one attached hydrogen (secondary N) is 3. The molecular weight excluding hydrogens is 298 g/mol. The van der Waals surface area contributed by atoms with Crippen LogP contribution in [0, 0.1) is 0 Å². The van der Waals surface area contributed by atoms with Crippen LogP contribution in [0.2, 0.25) is 0 Å². The van der Waals surface area contributed by atoms with Gasteiger partial charge in [0.25, 0.3) is 5.91 Å². The zero-order valence-corrected chi connectivity index (χ0v) is 12.4. The number of H-pyrrole nitrogens is 2. The Kier molecular flexibility index (Phi) is 4.01. The van der Waals surface area contributed by atoms with Gasteiger partial charge in [0.1, 0.15) is 11.5 Å². The SMILES string of the molecule is COc1cccc(OCC(=O)Nc2ccc3[nH]c(=O)[nH]c3c2)c1. The largest absolute Gasteiger partial charge is 0.497 e. The molecule has 1 aromatic heterocycles. The van der Waals surface area contributed by atoms with Gasteiger partial charge in [0.05, 0.1) is 18.1 Å². The number of anilines is 1. The Bertz CT molecular complexity index is 897. The Morgan fingerprint density at radius 1 is 1.09 bits per heavy atom. The Morgan fingerprint density at radius 2 is 1.87 bits per heavy atom. The molecule has 118 valence electrons. The van der Waals surface area contributed by atoms with Crippen LogP contribution in [-0.2, 0) is 4.79 Å². The fourth-order valence-corrected chi connectivity index (χ4v) is 2.15. The van der Waals surface area contributed by atoms with Crippen molar-refractivity contribution in [2.24, 2.45) is 0 Å². The molecule has 3 N–H and O–H groups in total. The summed E-state index contributed by atoms with van der Waals surface area (Å²) in [5.41, 5.74) is 1.60. The second-order valence-electron chi connectivity index (χ2n) is 4.86. The van der Waals surface area contributed by atoms with Crippen molar-refractivity contribution < 1.29 is 14.3 Å². The summed E-state index contributed by atoms with van der Waals surface area (Å²) in [5.74, 6) is 0.903. The van der Waals surface area contributed by atoms with Crippen LogP contribution in [0.3, 0.4) is 0 Å². The normalized spacial score (nSPS) is 10.5. The smallest absolute Gasteiger partial charge is 0.323 e. The number of aromatic amines is 2. The maximum atomic E-state index is 11.9. The number of fused-ring (bicyclic) bond motifs is 1. The van der Waals surface area contributed by atoms with Crippen molar-refractivity contribution in [2.45, 2.75) is 0 Å². The number of carbonyl (C=O) groups is 1. The summed E-state index contributed by atoms with van der Waals surface area (Å²) in [5, 5.41) is 2.71. The molecule has 0 fully saturated rings. The summed E-state index contributed by atoms with van der Waals surface area (Å²) in [7, 11) is 1.56. The van der Waals surface area contributed by atoms with E-state index in [1.807, 2.05) is 0 Å². The van der Waals surface area contributed by atoms with E-state index >= 15 is 0 Å². The van der Waals surface area contributed by atoms with Crippen LogP contribution >= 0.6 is 0 Å². The molecule has 1 amide bonds. The second-order valence-corrected chi connectivity index (χ2v) is 4.86. The summed E-state index contributed by atoms with van der Waals surface area (Å²) in [6.45, 7) is -0.130. The van der Waals surface area contributed by atoms with Crippen LogP contribution in [0.1, 0.15) is 0 Å². The number of hydrogen-bond donors (Lipinski definition) is 3. The molecule has 0 aliphatic rings. The monoisotopic (exact) mass is 313 g/mol. The van der Waals surface area contributed by atoms with Crippen molar-refractivity contribution in [2.75, 3.05) is 19.0 Å². The molecule has 0 aliphatic carbocycles. The fourth-order valence-electron chi connectivity index (χ4n) is 2.15. The molecule has 7 nitrogen and oxygen atoms in total. The van der Waals surface area contributed by atoms with E-state index < -0.39 is 0 Å². The molecule has 3 rings (SSSR count). The van der Waals surface area contributed by atoms with E-state index in [2.05, 4.69) is 15.3 Å². The molecule has 1 heterocycles. The van der Waals surface area contributed by atoms with Gasteiger partial charge >= 0.3 is 5.69 Å². The quantitative estimate of drug-likeness (QED) is 0.670. The van der Waals surface area contributed by atoms with Gasteiger partial charge in [-0.05, 0) is 30.3 Å². The minimum absolute atomic E-state index is 0.130. The van der Waals surface area contributed by atoms with Gasteiger partial charge in [-0.2, -0.15) is 0 Å². The molecule has 0 saturated carbocycles.